The first-order chi connectivity index (χ1) is 17.7. The molecule has 0 saturated heterocycles. The van der Waals surface area contributed by atoms with E-state index in [1.807, 2.05) is 37.3 Å². The summed E-state index contributed by atoms with van der Waals surface area (Å²) in [6, 6.07) is 16.2. The molecule has 0 saturated carbocycles. The van der Waals surface area contributed by atoms with Crippen LogP contribution in [0.2, 0.25) is 0 Å². The fourth-order valence-corrected chi connectivity index (χ4v) is 5.00. The van der Waals surface area contributed by atoms with E-state index in [-0.39, 0.29) is 24.8 Å². The third kappa shape index (κ3) is 9.72. The second kappa shape index (κ2) is 15.2. The van der Waals surface area contributed by atoms with Crippen molar-refractivity contribution in [1.29, 1.82) is 0 Å². The van der Waals surface area contributed by atoms with Crippen LogP contribution >= 0.6 is 0 Å². The molecular weight excluding hydrogens is 490 g/mol. The molecule has 0 aromatic heterocycles. The van der Waals surface area contributed by atoms with Crippen LogP contribution in [-0.4, -0.2) is 63.7 Å². The Hall–Kier alpha value is -3.07. The minimum absolute atomic E-state index is 0.115. The number of hydrogen-bond acceptors (Lipinski definition) is 5. The van der Waals surface area contributed by atoms with E-state index in [1.165, 1.54) is 4.31 Å². The van der Waals surface area contributed by atoms with Crippen molar-refractivity contribution in [2.75, 3.05) is 36.8 Å². The monoisotopic (exact) mass is 531 g/mol. The fraction of sp³-hybridized carbons (Fsp3) is 0.500. The van der Waals surface area contributed by atoms with Gasteiger partial charge in [-0.2, -0.15) is 0 Å². The highest BCUT2D eigenvalue weighted by molar-refractivity contribution is 7.92. The zero-order chi connectivity index (χ0) is 27.3. The maximum absolute atomic E-state index is 13.3. The standard InChI is InChI=1S/C28H41N3O5S/c1-5-7-20-29-28(33)23(3)30(22-19-24-14-9-8-10-15-24)27(32)18-13-21-31(37(4,34)35)25-16-11-12-17-26(25)36-6-2/h8-12,14-17,23H,5-7,13,18-22H2,1-4H3,(H,29,33)/t23-/m0/s1. The number of unbranched alkanes of at least 4 members (excludes halogenated alkanes) is 1. The molecule has 2 aromatic carbocycles. The lowest BCUT2D eigenvalue weighted by atomic mass is 10.1. The maximum Gasteiger partial charge on any atom is 0.242 e. The summed E-state index contributed by atoms with van der Waals surface area (Å²) in [6.07, 6.45) is 4.03. The van der Waals surface area contributed by atoms with E-state index in [9.17, 15) is 18.0 Å². The molecule has 0 bridgehead atoms. The van der Waals surface area contributed by atoms with Gasteiger partial charge in [0.2, 0.25) is 21.8 Å². The Kier molecular flexibility index (Phi) is 12.4. The number of nitrogens with zero attached hydrogens (tertiary/aromatic N) is 2. The molecular formula is C28H41N3O5S. The van der Waals surface area contributed by atoms with Crippen LogP contribution in [0.3, 0.4) is 0 Å². The van der Waals surface area contributed by atoms with Crippen molar-refractivity contribution < 1.29 is 22.7 Å². The summed E-state index contributed by atoms with van der Waals surface area (Å²) >= 11 is 0. The topological polar surface area (TPSA) is 96.0 Å². The molecule has 0 heterocycles. The Morgan fingerprint density at radius 1 is 0.973 bits per heavy atom. The van der Waals surface area contributed by atoms with E-state index < -0.39 is 16.1 Å². The van der Waals surface area contributed by atoms with Gasteiger partial charge in [-0.3, -0.25) is 13.9 Å². The number of hydrogen-bond donors (Lipinski definition) is 1. The van der Waals surface area contributed by atoms with Crippen molar-refractivity contribution in [3.05, 3.63) is 60.2 Å². The van der Waals surface area contributed by atoms with Gasteiger partial charge in [0.25, 0.3) is 0 Å². The molecule has 0 aliphatic heterocycles. The van der Waals surface area contributed by atoms with Crippen LogP contribution in [0.4, 0.5) is 5.69 Å². The number of ether oxygens (including phenoxy) is 1. The Morgan fingerprint density at radius 3 is 2.30 bits per heavy atom. The van der Waals surface area contributed by atoms with Gasteiger partial charge in [0.15, 0.2) is 0 Å². The van der Waals surface area contributed by atoms with Gasteiger partial charge in [-0.1, -0.05) is 55.8 Å². The Balaban J connectivity index is 2.13. The average Bonchev–Trinajstić information content (AvgIpc) is 2.87. The largest absolute Gasteiger partial charge is 0.492 e. The zero-order valence-corrected chi connectivity index (χ0v) is 23.3. The van der Waals surface area contributed by atoms with Gasteiger partial charge < -0.3 is 15.0 Å². The Labute approximate surface area is 222 Å². The lowest BCUT2D eigenvalue weighted by molar-refractivity contribution is -0.139. The third-order valence-electron chi connectivity index (χ3n) is 6.07. The molecule has 2 amide bonds. The summed E-state index contributed by atoms with van der Waals surface area (Å²) in [7, 11) is -3.60. The molecule has 1 N–H and O–H groups in total. The lowest BCUT2D eigenvalue weighted by Gasteiger charge is -2.29. The number of anilines is 1. The number of para-hydroxylation sites is 2. The van der Waals surface area contributed by atoms with Gasteiger partial charge in [0.1, 0.15) is 11.8 Å². The van der Waals surface area contributed by atoms with E-state index in [2.05, 4.69) is 12.2 Å². The van der Waals surface area contributed by atoms with Gasteiger partial charge in [0, 0.05) is 26.1 Å². The maximum atomic E-state index is 13.3. The molecule has 0 radical (unpaired) electrons. The molecule has 0 fully saturated rings. The molecule has 8 nitrogen and oxygen atoms in total. The molecule has 2 aromatic rings. The summed E-state index contributed by atoms with van der Waals surface area (Å²) in [5.41, 5.74) is 1.53. The molecule has 204 valence electrons. The smallest absolute Gasteiger partial charge is 0.242 e. The van der Waals surface area contributed by atoms with Crippen LogP contribution in [0, 0.1) is 0 Å². The van der Waals surface area contributed by atoms with Gasteiger partial charge >= 0.3 is 0 Å². The van der Waals surface area contributed by atoms with Gasteiger partial charge in [0.05, 0.1) is 18.6 Å². The highest BCUT2D eigenvalue weighted by atomic mass is 32.2. The average molecular weight is 532 g/mol. The van der Waals surface area contributed by atoms with E-state index in [0.717, 1.165) is 24.7 Å². The number of nitrogens with one attached hydrogen (secondary N) is 1. The summed E-state index contributed by atoms with van der Waals surface area (Å²) in [5.74, 6) is 0.113. The van der Waals surface area contributed by atoms with Crippen molar-refractivity contribution >= 4 is 27.5 Å². The number of amides is 2. The van der Waals surface area contributed by atoms with Crippen molar-refractivity contribution in [2.45, 2.75) is 58.9 Å². The summed E-state index contributed by atoms with van der Waals surface area (Å²) in [6.45, 7) is 7.13. The van der Waals surface area contributed by atoms with Gasteiger partial charge in [-0.25, -0.2) is 8.42 Å². The summed E-state index contributed by atoms with van der Waals surface area (Å²) in [4.78, 5) is 27.7. The molecule has 1 atom stereocenters. The minimum atomic E-state index is -3.60. The molecule has 9 heteroatoms. The normalized spacial score (nSPS) is 12.0. The zero-order valence-electron chi connectivity index (χ0n) is 22.5. The number of rotatable bonds is 16. The predicted molar refractivity (Wildman–Crippen MR) is 148 cm³/mol. The molecule has 0 unspecified atom stereocenters. The van der Waals surface area contributed by atoms with Crippen LogP contribution in [0.25, 0.3) is 0 Å². The quantitative estimate of drug-likeness (QED) is 0.330. The first kappa shape index (κ1) is 30.2. The van der Waals surface area contributed by atoms with Crippen molar-refractivity contribution in [3.8, 4) is 5.75 Å². The SMILES string of the molecule is CCCCNC(=O)[C@H](C)N(CCc1ccccc1)C(=O)CCCN(c1ccccc1OCC)S(C)(=O)=O. The van der Waals surface area contributed by atoms with E-state index in [0.29, 0.717) is 44.0 Å². The van der Waals surface area contributed by atoms with Crippen LogP contribution in [-0.2, 0) is 26.0 Å². The lowest BCUT2D eigenvalue weighted by Crippen LogP contribution is -2.49. The Bertz CT molecular complexity index is 1090. The molecule has 0 aliphatic carbocycles. The van der Waals surface area contributed by atoms with Crippen LogP contribution in [0.5, 0.6) is 5.75 Å². The first-order valence-electron chi connectivity index (χ1n) is 13.0. The van der Waals surface area contributed by atoms with E-state index in [4.69, 9.17) is 4.74 Å². The molecule has 37 heavy (non-hydrogen) atoms. The minimum Gasteiger partial charge on any atom is -0.492 e. The Morgan fingerprint density at radius 2 is 1.65 bits per heavy atom. The van der Waals surface area contributed by atoms with Gasteiger partial charge in [-0.05, 0) is 50.8 Å². The van der Waals surface area contributed by atoms with E-state index in [1.54, 1.807) is 36.1 Å². The number of carbonyl (C=O) groups excluding carboxylic acids is 2. The number of sulfonamides is 1. The van der Waals surface area contributed by atoms with Crippen molar-refractivity contribution in [1.82, 2.24) is 10.2 Å². The number of benzene rings is 2. The molecule has 2 rings (SSSR count). The highest BCUT2D eigenvalue weighted by Gasteiger charge is 2.26. The van der Waals surface area contributed by atoms with Crippen molar-refractivity contribution in [3.63, 3.8) is 0 Å². The molecule has 0 aliphatic rings. The number of carbonyl (C=O) groups is 2. The predicted octanol–water partition coefficient (Wildman–Crippen LogP) is 4.01. The van der Waals surface area contributed by atoms with Crippen LogP contribution in [0.15, 0.2) is 54.6 Å². The van der Waals surface area contributed by atoms with Gasteiger partial charge in [-0.15, -0.1) is 0 Å². The molecule has 0 spiro atoms. The first-order valence-corrected chi connectivity index (χ1v) is 14.8. The second-order valence-corrected chi connectivity index (χ2v) is 10.9. The second-order valence-electron chi connectivity index (χ2n) is 8.98. The van der Waals surface area contributed by atoms with E-state index >= 15 is 0 Å². The summed E-state index contributed by atoms with van der Waals surface area (Å²) < 4.78 is 32.1. The fourth-order valence-electron chi connectivity index (χ4n) is 4.03. The third-order valence-corrected chi connectivity index (χ3v) is 7.25. The van der Waals surface area contributed by atoms with Crippen molar-refractivity contribution in [2.24, 2.45) is 0 Å². The van der Waals surface area contributed by atoms with Crippen LogP contribution in [0.1, 0.15) is 52.0 Å². The van der Waals surface area contributed by atoms with Crippen LogP contribution < -0.4 is 14.4 Å². The highest BCUT2D eigenvalue weighted by Crippen LogP contribution is 2.30. The summed E-state index contributed by atoms with van der Waals surface area (Å²) in [5, 5.41) is 2.92.